The summed E-state index contributed by atoms with van der Waals surface area (Å²) in [6.07, 6.45) is 0.900. The van der Waals surface area contributed by atoms with Crippen LogP contribution in [0.1, 0.15) is 12.0 Å². The zero-order valence-electron chi connectivity index (χ0n) is 7.86. The lowest BCUT2D eigenvalue weighted by atomic mass is 10.2. The third kappa shape index (κ3) is 1.81. The summed E-state index contributed by atoms with van der Waals surface area (Å²) in [6, 6.07) is 5.71. The summed E-state index contributed by atoms with van der Waals surface area (Å²) in [7, 11) is 0. The fourth-order valence-electron chi connectivity index (χ4n) is 1.46. The van der Waals surface area contributed by atoms with Crippen LogP contribution in [0.3, 0.4) is 0 Å². The molecule has 1 aromatic rings. The summed E-state index contributed by atoms with van der Waals surface area (Å²) in [6.45, 7) is 1.71. The van der Waals surface area contributed by atoms with E-state index in [0.717, 1.165) is 23.5 Å². The third-order valence-corrected chi connectivity index (χ3v) is 2.09. The van der Waals surface area contributed by atoms with Crippen molar-refractivity contribution < 1.29 is 14.3 Å². The van der Waals surface area contributed by atoms with Gasteiger partial charge >= 0.3 is 0 Å². The molecule has 0 bridgehead atoms. The number of ether oxygens (including phenoxy) is 2. The van der Waals surface area contributed by atoms with Gasteiger partial charge in [0.15, 0.2) is 11.5 Å². The second-order valence-electron chi connectivity index (χ2n) is 3.11. The van der Waals surface area contributed by atoms with Crippen molar-refractivity contribution in [2.24, 2.45) is 5.90 Å². The molecule has 0 aliphatic carbocycles. The first-order chi connectivity index (χ1) is 6.92. The highest BCUT2D eigenvalue weighted by Gasteiger charge is 2.13. The predicted octanol–water partition coefficient (Wildman–Crippen LogP) is 1.24. The molecule has 0 amide bonds. The lowest BCUT2D eigenvalue weighted by molar-refractivity contribution is 0.121. The Morgan fingerprint density at radius 2 is 2.14 bits per heavy atom. The lowest BCUT2D eigenvalue weighted by Crippen LogP contribution is -2.02. The van der Waals surface area contributed by atoms with Gasteiger partial charge in [0.05, 0.1) is 19.8 Å². The number of benzene rings is 1. The molecule has 76 valence electrons. The van der Waals surface area contributed by atoms with Gasteiger partial charge in [0.25, 0.3) is 0 Å². The van der Waals surface area contributed by atoms with Crippen LogP contribution in [0.4, 0.5) is 0 Å². The van der Waals surface area contributed by atoms with E-state index in [1.807, 2.05) is 18.2 Å². The topological polar surface area (TPSA) is 53.7 Å². The molecule has 14 heavy (non-hydrogen) atoms. The number of nitrogens with two attached hydrogens (primary N) is 1. The maximum atomic E-state index is 5.57. The Labute approximate surface area is 82.5 Å². The van der Waals surface area contributed by atoms with Crippen molar-refractivity contribution in [3.05, 3.63) is 23.8 Å². The Kier molecular flexibility index (Phi) is 2.86. The highest BCUT2D eigenvalue weighted by Crippen LogP contribution is 2.33. The molecule has 0 fully saturated rings. The number of hydrogen-bond donors (Lipinski definition) is 1. The number of rotatable bonds is 2. The summed E-state index contributed by atoms with van der Waals surface area (Å²) >= 11 is 0. The molecule has 4 nitrogen and oxygen atoms in total. The lowest BCUT2D eigenvalue weighted by Gasteiger charge is -2.10. The van der Waals surface area contributed by atoms with Crippen LogP contribution in [0.15, 0.2) is 18.2 Å². The van der Waals surface area contributed by atoms with Crippen molar-refractivity contribution in [1.29, 1.82) is 0 Å². The van der Waals surface area contributed by atoms with E-state index >= 15 is 0 Å². The van der Waals surface area contributed by atoms with Gasteiger partial charge in [-0.05, 0) is 6.07 Å². The molecular formula is C10H13NO3. The first kappa shape index (κ1) is 9.30. The van der Waals surface area contributed by atoms with E-state index in [2.05, 4.69) is 4.84 Å². The van der Waals surface area contributed by atoms with Crippen LogP contribution >= 0.6 is 0 Å². The molecule has 0 atom stereocenters. The SMILES string of the molecule is NOCc1cccc2c1OCCCO2. The van der Waals surface area contributed by atoms with Crippen LogP contribution in [0.25, 0.3) is 0 Å². The van der Waals surface area contributed by atoms with Crippen LogP contribution in [-0.4, -0.2) is 13.2 Å². The van der Waals surface area contributed by atoms with Crippen molar-refractivity contribution >= 4 is 0 Å². The van der Waals surface area contributed by atoms with Gasteiger partial charge in [0.2, 0.25) is 0 Å². The van der Waals surface area contributed by atoms with Crippen molar-refractivity contribution in [3.63, 3.8) is 0 Å². The zero-order chi connectivity index (χ0) is 9.80. The molecule has 1 aliphatic rings. The summed E-state index contributed by atoms with van der Waals surface area (Å²) in [5, 5.41) is 0. The minimum absolute atomic E-state index is 0.340. The van der Waals surface area contributed by atoms with Crippen LogP contribution in [0.5, 0.6) is 11.5 Å². The highest BCUT2D eigenvalue weighted by molar-refractivity contribution is 5.46. The van der Waals surface area contributed by atoms with Gasteiger partial charge in [0, 0.05) is 12.0 Å². The van der Waals surface area contributed by atoms with E-state index in [4.69, 9.17) is 15.4 Å². The monoisotopic (exact) mass is 195 g/mol. The zero-order valence-corrected chi connectivity index (χ0v) is 7.86. The van der Waals surface area contributed by atoms with E-state index in [0.29, 0.717) is 19.8 Å². The van der Waals surface area contributed by atoms with Crippen LogP contribution in [0.2, 0.25) is 0 Å². The maximum Gasteiger partial charge on any atom is 0.166 e. The fourth-order valence-corrected chi connectivity index (χ4v) is 1.46. The average Bonchev–Trinajstić information content (AvgIpc) is 2.44. The van der Waals surface area contributed by atoms with E-state index in [1.54, 1.807) is 0 Å². The van der Waals surface area contributed by atoms with E-state index < -0.39 is 0 Å². The molecule has 0 saturated carbocycles. The molecule has 1 aliphatic heterocycles. The smallest absolute Gasteiger partial charge is 0.166 e. The first-order valence-electron chi connectivity index (χ1n) is 4.61. The van der Waals surface area contributed by atoms with Crippen molar-refractivity contribution in [1.82, 2.24) is 0 Å². The molecule has 1 heterocycles. The Hall–Kier alpha value is -1.26. The standard InChI is InChI=1S/C10H13NO3/c11-14-7-8-3-1-4-9-10(8)13-6-2-5-12-9/h1,3-4H,2,5-7,11H2. The molecule has 0 unspecified atom stereocenters. The second-order valence-corrected chi connectivity index (χ2v) is 3.11. The fraction of sp³-hybridized carbons (Fsp3) is 0.400. The number of para-hydroxylation sites is 1. The molecule has 2 rings (SSSR count). The van der Waals surface area contributed by atoms with Gasteiger partial charge in [-0.3, -0.25) is 4.84 Å². The average molecular weight is 195 g/mol. The summed E-state index contributed by atoms with van der Waals surface area (Å²) in [5.74, 6) is 6.57. The predicted molar refractivity (Wildman–Crippen MR) is 51.0 cm³/mol. The molecule has 4 heteroatoms. The summed E-state index contributed by atoms with van der Waals surface area (Å²) < 4.78 is 11.1. The molecular weight excluding hydrogens is 182 g/mol. The van der Waals surface area contributed by atoms with Crippen LogP contribution in [0, 0.1) is 0 Å². The van der Waals surface area contributed by atoms with Crippen LogP contribution < -0.4 is 15.4 Å². The molecule has 0 aromatic heterocycles. The Balaban J connectivity index is 2.32. The maximum absolute atomic E-state index is 5.57. The van der Waals surface area contributed by atoms with E-state index in [-0.39, 0.29) is 0 Å². The number of hydrogen-bond acceptors (Lipinski definition) is 4. The van der Waals surface area contributed by atoms with Gasteiger partial charge in [0.1, 0.15) is 0 Å². The van der Waals surface area contributed by atoms with Crippen LogP contribution in [-0.2, 0) is 11.4 Å². The van der Waals surface area contributed by atoms with Crippen molar-refractivity contribution in [3.8, 4) is 11.5 Å². The van der Waals surface area contributed by atoms with Gasteiger partial charge in [-0.2, -0.15) is 0 Å². The van der Waals surface area contributed by atoms with E-state index in [1.165, 1.54) is 0 Å². The molecule has 0 saturated heterocycles. The normalized spacial score (nSPS) is 14.9. The third-order valence-electron chi connectivity index (χ3n) is 2.09. The van der Waals surface area contributed by atoms with Gasteiger partial charge in [-0.25, -0.2) is 5.90 Å². The Morgan fingerprint density at radius 1 is 1.29 bits per heavy atom. The van der Waals surface area contributed by atoms with Gasteiger partial charge in [-0.1, -0.05) is 12.1 Å². The quantitative estimate of drug-likeness (QED) is 0.721. The minimum atomic E-state index is 0.340. The van der Waals surface area contributed by atoms with E-state index in [9.17, 15) is 0 Å². The minimum Gasteiger partial charge on any atom is -0.490 e. The summed E-state index contributed by atoms with van der Waals surface area (Å²) in [5.41, 5.74) is 0.923. The Morgan fingerprint density at radius 3 is 3.00 bits per heavy atom. The van der Waals surface area contributed by atoms with Gasteiger partial charge in [-0.15, -0.1) is 0 Å². The van der Waals surface area contributed by atoms with Crippen molar-refractivity contribution in [2.75, 3.05) is 13.2 Å². The first-order valence-corrected chi connectivity index (χ1v) is 4.61. The Bertz CT molecular complexity index is 314. The molecule has 0 radical (unpaired) electrons. The summed E-state index contributed by atoms with van der Waals surface area (Å²) in [4.78, 5) is 4.60. The molecule has 0 spiro atoms. The highest BCUT2D eigenvalue weighted by atomic mass is 16.6. The molecule has 1 aromatic carbocycles. The largest absolute Gasteiger partial charge is 0.490 e. The number of fused-ring (bicyclic) bond motifs is 1. The van der Waals surface area contributed by atoms with Crippen molar-refractivity contribution in [2.45, 2.75) is 13.0 Å². The second kappa shape index (κ2) is 4.30. The molecule has 2 N–H and O–H groups in total. The van der Waals surface area contributed by atoms with Gasteiger partial charge < -0.3 is 9.47 Å².